The maximum absolute atomic E-state index is 5.21. The fraction of sp³-hybridized carbons (Fsp3) is 0.615. The fourth-order valence-electron chi connectivity index (χ4n) is 1.72. The average molecular weight is 347 g/mol. The molecule has 0 saturated carbocycles. The Kier molecular flexibility index (Phi) is 10.0. The second kappa shape index (κ2) is 10.5. The van der Waals surface area contributed by atoms with Gasteiger partial charge in [0.05, 0.1) is 6.54 Å². The van der Waals surface area contributed by atoms with Gasteiger partial charge in [-0.3, -0.25) is 4.99 Å². The number of aliphatic imine (C=N–C) groups is 1. The van der Waals surface area contributed by atoms with Gasteiger partial charge in [0.1, 0.15) is 0 Å². The first-order valence-electron chi connectivity index (χ1n) is 5.97. The van der Waals surface area contributed by atoms with Gasteiger partial charge < -0.3 is 10.6 Å². The summed E-state index contributed by atoms with van der Waals surface area (Å²) in [4.78, 5) is 4.54. The van der Waals surface area contributed by atoms with Crippen molar-refractivity contribution in [2.24, 2.45) is 10.9 Å². The van der Waals surface area contributed by atoms with Gasteiger partial charge in [-0.15, -0.1) is 30.4 Å². The van der Waals surface area contributed by atoms with Crippen LogP contribution in [0.15, 0.2) is 17.1 Å². The molecule has 0 amide bonds. The summed E-state index contributed by atoms with van der Waals surface area (Å²) >= 11 is 0. The molecule has 1 aliphatic carbocycles. The van der Waals surface area contributed by atoms with Crippen LogP contribution in [0, 0.1) is 18.3 Å². The number of guanidine groups is 1. The smallest absolute Gasteiger partial charge is 0.192 e. The van der Waals surface area contributed by atoms with Crippen LogP contribution in [0.5, 0.6) is 0 Å². The Morgan fingerprint density at radius 2 is 2.29 bits per heavy atom. The van der Waals surface area contributed by atoms with Gasteiger partial charge in [-0.1, -0.05) is 18.1 Å². The SMILES string of the molecule is C#CCNC(=NCC1CC=CCC1)NCC.I. The molecule has 0 fully saturated rings. The van der Waals surface area contributed by atoms with E-state index in [4.69, 9.17) is 6.42 Å². The number of terminal acetylenes is 1. The van der Waals surface area contributed by atoms with E-state index in [1.54, 1.807) is 0 Å². The Hall–Kier alpha value is -0.700. The molecule has 3 nitrogen and oxygen atoms in total. The standard InChI is InChI=1S/C13H21N3.HI/c1-3-10-15-13(14-4-2)16-11-12-8-6-5-7-9-12;/h1,5-6,12H,4,7-11H2,2H3,(H2,14,15,16);1H. The molecule has 0 spiro atoms. The summed E-state index contributed by atoms with van der Waals surface area (Å²) in [5, 5.41) is 6.28. The molecule has 1 unspecified atom stereocenters. The van der Waals surface area contributed by atoms with E-state index in [2.05, 4.69) is 40.6 Å². The van der Waals surface area contributed by atoms with E-state index in [0.29, 0.717) is 12.5 Å². The Bertz CT molecular complexity index is 292. The van der Waals surface area contributed by atoms with Gasteiger partial charge in [-0.25, -0.2) is 0 Å². The number of nitrogens with zero attached hydrogens (tertiary/aromatic N) is 1. The maximum atomic E-state index is 5.21. The Balaban J connectivity index is 0.00000256. The molecule has 2 N–H and O–H groups in total. The average Bonchev–Trinajstić information content (AvgIpc) is 2.34. The van der Waals surface area contributed by atoms with Crippen molar-refractivity contribution >= 4 is 29.9 Å². The van der Waals surface area contributed by atoms with Crippen molar-refractivity contribution in [2.75, 3.05) is 19.6 Å². The summed E-state index contributed by atoms with van der Waals surface area (Å²) in [6.07, 6.45) is 13.3. The van der Waals surface area contributed by atoms with Gasteiger partial charge >= 0.3 is 0 Å². The topological polar surface area (TPSA) is 36.4 Å². The molecule has 1 atom stereocenters. The predicted octanol–water partition coefficient (Wildman–Crippen LogP) is 2.15. The number of hydrogen-bond acceptors (Lipinski definition) is 1. The van der Waals surface area contributed by atoms with Crippen LogP contribution < -0.4 is 10.6 Å². The number of nitrogens with one attached hydrogen (secondary N) is 2. The first-order valence-corrected chi connectivity index (χ1v) is 5.97. The van der Waals surface area contributed by atoms with Crippen molar-refractivity contribution in [2.45, 2.75) is 26.2 Å². The molecule has 4 heteroatoms. The highest BCUT2D eigenvalue weighted by molar-refractivity contribution is 14.0. The molecule has 0 saturated heterocycles. The van der Waals surface area contributed by atoms with Crippen LogP contribution >= 0.6 is 24.0 Å². The van der Waals surface area contributed by atoms with Gasteiger partial charge in [0, 0.05) is 13.1 Å². The van der Waals surface area contributed by atoms with Crippen LogP contribution in [0.4, 0.5) is 0 Å². The second-order valence-electron chi connectivity index (χ2n) is 3.93. The molecular weight excluding hydrogens is 325 g/mol. The van der Waals surface area contributed by atoms with Crippen molar-refractivity contribution in [3.05, 3.63) is 12.2 Å². The van der Waals surface area contributed by atoms with E-state index < -0.39 is 0 Å². The predicted molar refractivity (Wildman–Crippen MR) is 84.7 cm³/mol. The van der Waals surface area contributed by atoms with Crippen molar-refractivity contribution in [3.63, 3.8) is 0 Å². The monoisotopic (exact) mass is 347 g/mol. The van der Waals surface area contributed by atoms with Gasteiger partial charge in [-0.2, -0.15) is 0 Å². The number of rotatable bonds is 4. The molecular formula is C13H22IN3. The highest BCUT2D eigenvalue weighted by atomic mass is 127. The third kappa shape index (κ3) is 7.27. The summed E-state index contributed by atoms with van der Waals surface area (Å²) in [6, 6.07) is 0. The van der Waals surface area contributed by atoms with Gasteiger partial charge in [0.2, 0.25) is 0 Å². The normalized spacial score (nSPS) is 19.1. The zero-order chi connectivity index (χ0) is 11.6. The molecule has 0 bridgehead atoms. The lowest BCUT2D eigenvalue weighted by Crippen LogP contribution is -2.37. The van der Waals surface area contributed by atoms with E-state index in [1.165, 1.54) is 12.8 Å². The van der Waals surface area contributed by atoms with Crippen molar-refractivity contribution in [1.82, 2.24) is 10.6 Å². The molecule has 0 aromatic rings. The molecule has 17 heavy (non-hydrogen) atoms. The summed E-state index contributed by atoms with van der Waals surface area (Å²) < 4.78 is 0. The minimum atomic E-state index is 0. The highest BCUT2D eigenvalue weighted by Gasteiger charge is 2.09. The molecule has 0 aliphatic heterocycles. The Labute approximate surface area is 122 Å². The molecule has 96 valence electrons. The lowest BCUT2D eigenvalue weighted by Gasteiger charge is -2.16. The molecule has 0 radical (unpaired) electrons. The summed E-state index contributed by atoms with van der Waals surface area (Å²) in [5.74, 6) is 4.07. The number of hydrogen-bond donors (Lipinski definition) is 2. The quantitative estimate of drug-likeness (QED) is 0.269. The van der Waals surface area contributed by atoms with Crippen molar-refractivity contribution in [1.29, 1.82) is 0 Å². The lowest BCUT2D eigenvalue weighted by molar-refractivity contribution is 0.490. The minimum absolute atomic E-state index is 0. The lowest BCUT2D eigenvalue weighted by atomic mass is 9.95. The van der Waals surface area contributed by atoms with Gasteiger partial charge in [0.25, 0.3) is 0 Å². The molecule has 0 heterocycles. The van der Waals surface area contributed by atoms with Crippen molar-refractivity contribution < 1.29 is 0 Å². The van der Waals surface area contributed by atoms with E-state index in [-0.39, 0.29) is 24.0 Å². The maximum Gasteiger partial charge on any atom is 0.192 e. The summed E-state index contributed by atoms with van der Waals surface area (Å²) in [5.41, 5.74) is 0. The van der Waals surface area contributed by atoms with Crippen LogP contribution in [0.3, 0.4) is 0 Å². The molecule has 1 aliphatic rings. The van der Waals surface area contributed by atoms with Crippen LogP contribution in [-0.4, -0.2) is 25.6 Å². The third-order valence-corrected chi connectivity index (χ3v) is 2.59. The van der Waals surface area contributed by atoms with Crippen LogP contribution in [0.1, 0.15) is 26.2 Å². The zero-order valence-electron chi connectivity index (χ0n) is 10.4. The third-order valence-electron chi connectivity index (χ3n) is 2.59. The van der Waals surface area contributed by atoms with E-state index in [9.17, 15) is 0 Å². The van der Waals surface area contributed by atoms with E-state index in [0.717, 1.165) is 25.5 Å². The number of halogens is 1. The minimum Gasteiger partial charge on any atom is -0.357 e. The zero-order valence-corrected chi connectivity index (χ0v) is 12.7. The van der Waals surface area contributed by atoms with E-state index >= 15 is 0 Å². The van der Waals surface area contributed by atoms with E-state index in [1.807, 2.05) is 0 Å². The fourth-order valence-corrected chi connectivity index (χ4v) is 1.72. The Morgan fingerprint density at radius 3 is 2.88 bits per heavy atom. The molecule has 0 aromatic carbocycles. The summed E-state index contributed by atoms with van der Waals surface area (Å²) in [7, 11) is 0. The highest BCUT2D eigenvalue weighted by Crippen LogP contribution is 2.17. The van der Waals surface area contributed by atoms with Gasteiger partial charge in [0.15, 0.2) is 5.96 Å². The van der Waals surface area contributed by atoms with Crippen molar-refractivity contribution in [3.8, 4) is 12.3 Å². The molecule has 0 aromatic heterocycles. The van der Waals surface area contributed by atoms with Crippen LogP contribution in [0.2, 0.25) is 0 Å². The van der Waals surface area contributed by atoms with Crippen LogP contribution in [0.25, 0.3) is 0 Å². The largest absolute Gasteiger partial charge is 0.357 e. The second-order valence-corrected chi connectivity index (χ2v) is 3.93. The Morgan fingerprint density at radius 1 is 1.47 bits per heavy atom. The first kappa shape index (κ1) is 16.3. The van der Waals surface area contributed by atoms with Gasteiger partial charge in [-0.05, 0) is 32.1 Å². The van der Waals surface area contributed by atoms with Crippen LogP contribution in [-0.2, 0) is 0 Å². The first-order chi connectivity index (χ1) is 7.86. The molecule has 1 rings (SSSR count). The number of allylic oxidation sites excluding steroid dienone is 2. The summed E-state index contributed by atoms with van der Waals surface area (Å²) in [6.45, 7) is 4.32.